The lowest BCUT2D eigenvalue weighted by molar-refractivity contribution is -0.150. The number of aliphatic hydroxyl groups is 1. The Balaban J connectivity index is 1.27. The molecule has 7 rings (SSSR count). The van der Waals surface area contributed by atoms with E-state index in [-0.39, 0.29) is 61.8 Å². The summed E-state index contributed by atoms with van der Waals surface area (Å²) in [6.45, 7) is 8.81. The molecule has 3 amide bonds. The summed E-state index contributed by atoms with van der Waals surface area (Å²) >= 11 is 6.72. The van der Waals surface area contributed by atoms with Crippen molar-refractivity contribution >= 4 is 54.0 Å². The molecule has 1 spiro atoms. The molecule has 4 atom stereocenters. The van der Waals surface area contributed by atoms with Gasteiger partial charge in [0.05, 0.1) is 53.1 Å². The highest BCUT2D eigenvalue weighted by molar-refractivity contribution is 6.91. The van der Waals surface area contributed by atoms with E-state index in [1.54, 1.807) is 27.9 Å². The van der Waals surface area contributed by atoms with Crippen molar-refractivity contribution in [3.05, 3.63) is 119 Å². The SMILES string of the molecule is COc1ccc([Si](C)(C)[C@@H]2[C@@H](CC(=O)N(CCO)Cc3ccccc3)O[C@]3(C(=O)N(Cc4cccc(N5CCNCC5=O)c4)c4ccc(Cl)cc43)[C@H]2C)cc1. The Labute approximate surface area is 329 Å². The van der Waals surface area contributed by atoms with Gasteiger partial charge in [-0.15, -0.1) is 0 Å². The Morgan fingerprint density at radius 1 is 1.02 bits per heavy atom. The van der Waals surface area contributed by atoms with Crippen LogP contribution in [0.25, 0.3) is 0 Å². The van der Waals surface area contributed by atoms with Crippen LogP contribution >= 0.6 is 11.6 Å². The number of fused-ring (bicyclic) bond motifs is 2. The van der Waals surface area contributed by atoms with Gasteiger partial charge in [-0.1, -0.05) is 91.4 Å². The van der Waals surface area contributed by atoms with Crippen LogP contribution in [0.5, 0.6) is 5.75 Å². The number of methoxy groups -OCH3 is 1. The number of hydrogen-bond acceptors (Lipinski definition) is 7. The number of aliphatic hydroxyl groups excluding tert-OH is 1. The Hall–Kier alpha value is -4.52. The number of hydrogen-bond donors (Lipinski definition) is 2. The molecule has 0 saturated carbocycles. The van der Waals surface area contributed by atoms with Crippen LogP contribution < -0.4 is 25.0 Å². The molecule has 0 bridgehead atoms. The van der Waals surface area contributed by atoms with E-state index in [2.05, 4.69) is 37.5 Å². The molecular weight excluding hydrogens is 732 g/mol. The number of amides is 3. The van der Waals surface area contributed by atoms with Crippen molar-refractivity contribution in [1.82, 2.24) is 10.2 Å². The summed E-state index contributed by atoms with van der Waals surface area (Å²) in [5, 5.41) is 14.8. The maximum atomic E-state index is 15.3. The second-order valence-electron chi connectivity index (χ2n) is 15.3. The van der Waals surface area contributed by atoms with Crippen LogP contribution in [-0.2, 0) is 37.8 Å². The summed E-state index contributed by atoms with van der Waals surface area (Å²) in [5.41, 5.74) is 2.46. The third-order valence-electron chi connectivity index (χ3n) is 11.8. The summed E-state index contributed by atoms with van der Waals surface area (Å²) in [4.78, 5) is 47.6. The maximum Gasteiger partial charge on any atom is 0.264 e. The average Bonchev–Trinajstić information content (AvgIpc) is 3.61. The molecule has 3 aliphatic heterocycles. The van der Waals surface area contributed by atoms with Crippen LogP contribution in [-0.4, -0.2) is 81.8 Å². The molecule has 288 valence electrons. The Morgan fingerprint density at radius 2 is 1.76 bits per heavy atom. The fourth-order valence-corrected chi connectivity index (χ4v) is 13.2. The van der Waals surface area contributed by atoms with Gasteiger partial charge in [-0.05, 0) is 59.1 Å². The lowest BCUT2D eigenvalue weighted by Crippen LogP contribution is -2.52. The van der Waals surface area contributed by atoms with Crippen molar-refractivity contribution in [3.63, 3.8) is 0 Å². The van der Waals surface area contributed by atoms with Crippen molar-refractivity contribution in [1.29, 1.82) is 0 Å². The predicted molar refractivity (Wildman–Crippen MR) is 217 cm³/mol. The minimum absolute atomic E-state index is 0.00404. The molecule has 2 saturated heterocycles. The molecular formula is C43H49ClN4O6Si. The molecule has 55 heavy (non-hydrogen) atoms. The molecule has 2 fully saturated rings. The van der Waals surface area contributed by atoms with E-state index >= 15 is 4.79 Å². The predicted octanol–water partition coefficient (Wildman–Crippen LogP) is 5.46. The quantitative estimate of drug-likeness (QED) is 0.184. The zero-order valence-electron chi connectivity index (χ0n) is 31.8. The van der Waals surface area contributed by atoms with Gasteiger partial charge in [0.25, 0.3) is 5.91 Å². The number of anilines is 2. The standard InChI is InChI=1S/C43H49ClN4O6Si/c1-29-41(55(3,4)35-16-14-34(53-2)15-17-35)38(25-39(50)46(21-22-49)27-30-9-6-5-7-10-30)54-43(29)36-24-32(44)13-18-37(36)48(42(43)52)28-31-11-8-12-33(23-31)47-20-19-45-26-40(47)51/h5-18,23-24,29,38,41,45,49H,19-22,25-28H2,1-4H3/t29-,38+,41-,43+/m0/s1. The molecule has 4 aromatic rings. The van der Waals surface area contributed by atoms with Crippen LogP contribution in [0.15, 0.2) is 97.1 Å². The number of carbonyl (C=O) groups is 3. The van der Waals surface area contributed by atoms with E-state index in [4.69, 9.17) is 21.1 Å². The summed E-state index contributed by atoms with van der Waals surface area (Å²) < 4.78 is 12.7. The molecule has 0 aromatic heterocycles. The van der Waals surface area contributed by atoms with E-state index in [1.807, 2.05) is 78.9 Å². The van der Waals surface area contributed by atoms with E-state index < -0.39 is 19.8 Å². The Bertz CT molecular complexity index is 2050. The van der Waals surface area contributed by atoms with Crippen LogP contribution in [0.3, 0.4) is 0 Å². The smallest absolute Gasteiger partial charge is 0.264 e. The normalized spacial score (nSPS) is 22.3. The fraction of sp³-hybridized carbons (Fsp3) is 0.372. The van der Waals surface area contributed by atoms with E-state index in [0.29, 0.717) is 35.9 Å². The number of piperazine rings is 1. The number of halogens is 1. The minimum atomic E-state index is -2.54. The van der Waals surface area contributed by atoms with E-state index in [1.165, 1.54) is 0 Å². The number of nitrogens with one attached hydrogen (secondary N) is 1. The molecule has 0 unspecified atom stereocenters. The summed E-state index contributed by atoms with van der Waals surface area (Å²) in [6.07, 6.45) is -0.568. The minimum Gasteiger partial charge on any atom is -0.497 e. The monoisotopic (exact) mass is 780 g/mol. The zero-order valence-corrected chi connectivity index (χ0v) is 33.6. The first-order valence-corrected chi connectivity index (χ1v) is 22.4. The van der Waals surface area contributed by atoms with E-state index in [9.17, 15) is 14.7 Å². The molecule has 0 radical (unpaired) electrons. The first-order valence-electron chi connectivity index (χ1n) is 18.9. The summed E-state index contributed by atoms with van der Waals surface area (Å²) in [5.74, 6) is 0.0726. The third kappa shape index (κ3) is 7.31. The van der Waals surface area contributed by atoms with Gasteiger partial charge in [-0.3, -0.25) is 14.4 Å². The molecule has 4 aromatic carbocycles. The third-order valence-corrected chi connectivity index (χ3v) is 16.4. The number of carbonyl (C=O) groups excluding carboxylic acids is 3. The van der Waals surface area contributed by atoms with Crippen molar-refractivity contribution in [2.24, 2.45) is 5.92 Å². The molecule has 10 nitrogen and oxygen atoms in total. The second-order valence-corrected chi connectivity index (χ2v) is 20.5. The van der Waals surface area contributed by atoms with Gasteiger partial charge in [-0.2, -0.15) is 0 Å². The first-order chi connectivity index (χ1) is 26.5. The zero-order chi connectivity index (χ0) is 38.9. The molecule has 3 heterocycles. The largest absolute Gasteiger partial charge is 0.497 e. The molecule has 2 N–H and O–H groups in total. The van der Waals surface area contributed by atoms with Gasteiger partial charge < -0.3 is 34.6 Å². The van der Waals surface area contributed by atoms with Crippen molar-refractivity contribution in [3.8, 4) is 5.75 Å². The van der Waals surface area contributed by atoms with Gasteiger partial charge in [0.1, 0.15) is 5.75 Å². The van der Waals surface area contributed by atoms with Gasteiger partial charge in [0.2, 0.25) is 11.8 Å². The van der Waals surface area contributed by atoms with Crippen LogP contribution in [0.1, 0.15) is 30.0 Å². The average molecular weight is 781 g/mol. The lowest BCUT2D eigenvalue weighted by Gasteiger charge is -2.37. The number of rotatable bonds is 12. The van der Waals surface area contributed by atoms with Crippen LogP contribution in [0.2, 0.25) is 23.7 Å². The lowest BCUT2D eigenvalue weighted by atomic mass is 9.82. The Morgan fingerprint density at radius 3 is 2.47 bits per heavy atom. The van der Waals surface area contributed by atoms with E-state index in [0.717, 1.165) is 27.8 Å². The molecule has 0 aliphatic carbocycles. The van der Waals surface area contributed by atoms with Crippen LogP contribution in [0.4, 0.5) is 11.4 Å². The van der Waals surface area contributed by atoms with Gasteiger partial charge in [0.15, 0.2) is 5.60 Å². The van der Waals surface area contributed by atoms with Crippen molar-refractivity contribution < 1.29 is 29.0 Å². The fourth-order valence-electron chi connectivity index (χ4n) is 9.05. The highest BCUT2D eigenvalue weighted by Crippen LogP contribution is 2.60. The summed E-state index contributed by atoms with van der Waals surface area (Å²) in [6, 6.07) is 31.1. The van der Waals surface area contributed by atoms with Gasteiger partial charge in [-0.25, -0.2) is 0 Å². The first kappa shape index (κ1) is 38.7. The summed E-state index contributed by atoms with van der Waals surface area (Å²) in [7, 11) is -0.894. The number of ether oxygens (including phenoxy) is 2. The number of nitrogens with zero attached hydrogens (tertiary/aromatic N) is 3. The van der Waals surface area contributed by atoms with Crippen molar-refractivity contribution in [2.45, 2.75) is 56.8 Å². The van der Waals surface area contributed by atoms with Gasteiger partial charge in [0, 0.05) is 48.4 Å². The molecule has 3 aliphatic rings. The molecule has 12 heteroatoms. The second kappa shape index (κ2) is 15.9. The van der Waals surface area contributed by atoms with Crippen molar-refractivity contribution in [2.75, 3.05) is 49.7 Å². The van der Waals surface area contributed by atoms with Crippen LogP contribution in [0, 0.1) is 5.92 Å². The topological polar surface area (TPSA) is 112 Å². The maximum absolute atomic E-state index is 15.3. The van der Waals surface area contributed by atoms with Gasteiger partial charge >= 0.3 is 0 Å². The highest BCUT2D eigenvalue weighted by atomic mass is 35.5. The highest BCUT2D eigenvalue weighted by Gasteiger charge is 2.66. The Kier molecular flexibility index (Phi) is 11.2. The number of benzene rings is 4.